The molecule has 6 aromatic carbocycles. The Balaban J connectivity index is 1.42. The van der Waals surface area contributed by atoms with Crippen molar-refractivity contribution in [2.24, 2.45) is 0 Å². The Morgan fingerprint density at radius 1 is 0.500 bits per heavy atom. The van der Waals surface area contributed by atoms with E-state index in [9.17, 15) is 5.26 Å². The second-order valence-electron chi connectivity index (χ2n) is 11.3. The third kappa shape index (κ3) is 4.79. The molecule has 216 valence electrons. The molecule has 2 heterocycles. The Kier molecular flexibility index (Phi) is 6.67. The van der Waals surface area contributed by atoms with Gasteiger partial charge in [0.1, 0.15) is 0 Å². The molecule has 0 N–H and O–H groups in total. The summed E-state index contributed by atoms with van der Waals surface area (Å²) >= 11 is 0. The van der Waals surface area contributed by atoms with Crippen LogP contribution in [0.1, 0.15) is 11.1 Å². The number of rotatable bonds is 5. The summed E-state index contributed by atoms with van der Waals surface area (Å²) in [5.74, 6) is 1.64. The molecule has 0 amide bonds. The summed E-state index contributed by atoms with van der Waals surface area (Å²) in [7, 11) is 0. The van der Waals surface area contributed by atoms with E-state index in [0.717, 1.165) is 55.3 Å². The van der Waals surface area contributed by atoms with Gasteiger partial charge in [0, 0.05) is 27.5 Å². The molecule has 8 rings (SSSR count). The minimum absolute atomic E-state index is 0.500. The Bertz CT molecular complexity index is 2360. The van der Waals surface area contributed by atoms with Crippen LogP contribution >= 0.6 is 0 Å². The fourth-order valence-electron chi connectivity index (χ4n) is 6.06. The summed E-state index contributed by atoms with van der Waals surface area (Å²) in [6, 6.07) is 51.6. The molecule has 8 aromatic rings. The first kappa shape index (κ1) is 27.2. The highest BCUT2D eigenvalue weighted by atomic mass is 15.1. The zero-order valence-corrected chi connectivity index (χ0v) is 25.1. The average Bonchev–Trinajstić information content (AvgIpc) is 3.45. The second-order valence-corrected chi connectivity index (χ2v) is 11.3. The van der Waals surface area contributed by atoms with Gasteiger partial charge in [0.2, 0.25) is 0 Å². The molecule has 46 heavy (non-hydrogen) atoms. The molecule has 0 unspecified atom stereocenters. The van der Waals surface area contributed by atoms with Crippen molar-refractivity contribution in [1.29, 1.82) is 5.26 Å². The van der Waals surface area contributed by atoms with Gasteiger partial charge in [-0.3, -0.25) is 0 Å². The lowest BCUT2D eigenvalue weighted by molar-refractivity contribution is 1.06. The number of fused-ring (bicyclic) bond motifs is 3. The van der Waals surface area contributed by atoms with E-state index in [1.807, 2.05) is 78.9 Å². The summed E-state index contributed by atoms with van der Waals surface area (Å²) in [5, 5.41) is 12.3. The van der Waals surface area contributed by atoms with Crippen molar-refractivity contribution in [1.82, 2.24) is 19.5 Å². The van der Waals surface area contributed by atoms with Crippen molar-refractivity contribution in [3.8, 4) is 57.0 Å². The average molecular weight is 590 g/mol. The molecule has 0 saturated heterocycles. The van der Waals surface area contributed by atoms with Crippen LogP contribution in [0.4, 0.5) is 0 Å². The van der Waals surface area contributed by atoms with Crippen molar-refractivity contribution in [3.05, 3.63) is 157 Å². The summed E-state index contributed by atoms with van der Waals surface area (Å²) in [4.78, 5) is 15.0. The van der Waals surface area contributed by atoms with Gasteiger partial charge in [-0.2, -0.15) is 5.26 Å². The predicted molar refractivity (Wildman–Crippen MR) is 185 cm³/mol. The van der Waals surface area contributed by atoms with Crippen LogP contribution in [-0.2, 0) is 0 Å². The van der Waals surface area contributed by atoms with Crippen LogP contribution in [-0.4, -0.2) is 19.5 Å². The summed E-state index contributed by atoms with van der Waals surface area (Å²) < 4.78 is 2.27. The van der Waals surface area contributed by atoms with Crippen molar-refractivity contribution >= 4 is 21.8 Å². The normalized spacial score (nSPS) is 11.1. The van der Waals surface area contributed by atoms with E-state index < -0.39 is 0 Å². The molecule has 2 aromatic heterocycles. The van der Waals surface area contributed by atoms with Gasteiger partial charge < -0.3 is 4.57 Å². The van der Waals surface area contributed by atoms with Gasteiger partial charge >= 0.3 is 0 Å². The lowest BCUT2D eigenvalue weighted by atomic mass is 10.0. The van der Waals surface area contributed by atoms with E-state index >= 15 is 0 Å². The summed E-state index contributed by atoms with van der Waals surface area (Å²) in [6.45, 7) is 2.10. The molecule has 0 radical (unpaired) electrons. The monoisotopic (exact) mass is 589 g/mol. The lowest BCUT2D eigenvalue weighted by Gasteiger charge is -2.15. The van der Waals surface area contributed by atoms with Gasteiger partial charge in [-0.25, -0.2) is 15.0 Å². The van der Waals surface area contributed by atoms with E-state index in [1.54, 1.807) is 0 Å². The number of aromatic nitrogens is 4. The third-order valence-electron chi connectivity index (χ3n) is 8.37. The van der Waals surface area contributed by atoms with Crippen LogP contribution in [0.3, 0.4) is 0 Å². The number of nitrogens with zero attached hydrogens (tertiary/aromatic N) is 5. The van der Waals surface area contributed by atoms with E-state index in [1.165, 1.54) is 5.56 Å². The quantitative estimate of drug-likeness (QED) is 0.200. The van der Waals surface area contributed by atoms with Crippen LogP contribution in [0.5, 0.6) is 0 Å². The van der Waals surface area contributed by atoms with Gasteiger partial charge in [0.05, 0.1) is 28.4 Å². The molecule has 5 heteroatoms. The molecule has 0 spiro atoms. The topological polar surface area (TPSA) is 67.4 Å². The molecule has 0 aliphatic rings. The number of benzene rings is 6. The Labute approximate surface area is 266 Å². The molecular weight excluding hydrogens is 562 g/mol. The van der Waals surface area contributed by atoms with E-state index in [2.05, 4.69) is 84.3 Å². The van der Waals surface area contributed by atoms with Crippen LogP contribution in [0.25, 0.3) is 72.8 Å². The third-order valence-corrected chi connectivity index (χ3v) is 8.37. The number of hydrogen-bond donors (Lipinski definition) is 0. The summed E-state index contributed by atoms with van der Waals surface area (Å²) in [6.07, 6.45) is 0. The zero-order chi connectivity index (χ0) is 31.0. The van der Waals surface area contributed by atoms with Crippen LogP contribution in [0.15, 0.2) is 146 Å². The molecule has 0 fully saturated rings. The smallest absolute Gasteiger partial charge is 0.166 e. The van der Waals surface area contributed by atoms with Gasteiger partial charge in [-0.15, -0.1) is 0 Å². The van der Waals surface area contributed by atoms with Gasteiger partial charge in [-0.1, -0.05) is 121 Å². The minimum Gasteiger partial charge on any atom is -0.308 e. The van der Waals surface area contributed by atoms with Crippen LogP contribution in [0, 0.1) is 18.3 Å². The number of nitriles is 1. The van der Waals surface area contributed by atoms with Crippen molar-refractivity contribution in [2.45, 2.75) is 6.92 Å². The first-order valence-corrected chi connectivity index (χ1v) is 15.2. The maximum absolute atomic E-state index is 10.0. The highest BCUT2D eigenvalue weighted by Gasteiger charge is 2.20. The zero-order valence-electron chi connectivity index (χ0n) is 25.1. The Hall–Kier alpha value is -6.38. The highest BCUT2D eigenvalue weighted by molar-refractivity contribution is 6.10. The standard InChI is InChI=1S/C41H27N5/c1-27-16-19-29(20-17-27)32-21-22-34-33-14-8-9-15-36(33)46(38(34)25-32)37-23-18-28(26-42)24-35(37)41-44-39(30-10-4-2-5-11-30)43-40(45-41)31-12-6-3-7-13-31/h2-25H,1H3. The molecule has 0 bridgehead atoms. The van der Waals surface area contributed by atoms with Gasteiger partial charge in [0.15, 0.2) is 17.5 Å². The minimum atomic E-state index is 0.500. The molecule has 5 nitrogen and oxygen atoms in total. The molecule has 0 aliphatic heterocycles. The molecule has 0 aliphatic carbocycles. The van der Waals surface area contributed by atoms with Crippen LogP contribution < -0.4 is 0 Å². The van der Waals surface area contributed by atoms with Crippen molar-refractivity contribution in [2.75, 3.05) is 0 Å². The first-order valence-electron chi connectivity index (χ1n) is 15.2. The SMILES string of the molecule is Cc1ccc(-c2ccc3c4ccccc4n(-c4ccc(C#N)cc4-c4nc(-c5ccccc5)nc(-c5ccccc5)n4)c3c2)cc1. The van der Waals surface area contributed by atoms with Gasteiger partial charge in [-0.05, 0) is 48.4 Å². The fraction of sp³-hybridized carbons (Fsp3) is 0.0244. The lowest BCUT2D eigenvalue weighted by Crippen LogP contribution is -2.04. The van der Waals surface area contributed by atoms with Crippen molar-refractivity contribution < 1.29 is 0 Å². The second kappa shape index (κ2) is 11.3. The largest absolute Gasteiger partial charge is 0.308 e. The fourth-order valence-corrected chi connectivity index (χ4v) is 6.06. The highest BCUT2D eigenvalue weighted by Crippen LogP contribution is 2.38. The van der Waals surface area contributed by atoms with Crippen molar-refractivity contribution in [3.63, 3.8) is 0 Å². The van der Waals surface area contributed by atoms with E-state index in [-0.39, 0.29) is 0 Å². The van der Waals surface area contributed by atoms with E-state index in [0.29, 0.717) is 23.0 Å². The van der Waals surface area contributed by atoms with Gasteiger partial charge in [0.25, 0.3) is 0 Å². The number of aryl methyl sites for hydroxylation is 1. The first-order chi connectivity index (χ1) is 22.7. The van der Waals surface area contributed by atoms with E-state index in [4.69, 9.17) is 15.0 Å². The molecule has 0 saturated carbocycles. The molecular formula is C41H27N5. The predicted octanol–water partition coefficient (Wildman–Crippen LogP) is 9.82. The maximum Gasteiger partial charge on any atom is 0.166 e. The Morgan fingerprint density at radius 2 is 1.09 bits per heavy atom. The Morgan fingerprint density at radius 3 is 1.76 bits per heavy atom. The number of hydrogen-bond acceptors (Lipinski definition) is 4. The molecule has 0 atom stereocenters. The number of para-hydroxylation sites is 1. The summed E-state index contributed by atoms with van der Waals surface area (Å²) in [5.41, 5.74) is 9.57. The van der Waals surface area contributed by atoms with Crippen LogP contribution in [0.2, 0.25) is 0 Å². The maximum atomic E-state index is 10.0.